The summed E-state index contributed by atoms with van der Waals surface area (Å²) in [6.45, 7) is 13.5. The number of hydrogen-bond donors (Lipinski definition) is 4. The molecule has 0 amide bonds. The van der Waals surface area contributed by atoms with E-state index in [4.69, 9.17) is 0 Å². The first-order chi connectivity index (χ1) is 9.41. The van der Waals surface area contributed by atoms with E-state index < -0.39 is 0 Å². The molecule has 4 nitrogen and oxygen atoms in total. The van der Waals surface area contributed by atoms with Crippen molar-refractivity contribution in [2.45, 2.75) is 46.0 Å². The zero-order valence-corrected chi connectivity index (χ0v) is 21.7. The van der Waals surface area contributed by atoms with Crippen molar-refractivity contribution in [3.8, 4) is 0 Å². The van der Waals surface area contributed by atoms with Crippen LogP contribution in [-0.4, -0.2) is 52.4 Å². The fourth-order valence-corrected chi connectivity index (χ4v) is 1.87. The smallest absolute Gasteiger partial charge is 0.00368 e. The van der Waals surface area contributed by atoms with Crippen LogP contribution < -0.4 is 21.3 Å². The summed E-state index contributed by atoms with van der Waals surface area (Å²) < 4.78 is 0. The molecule has 0 fully saturated rings. The summed E-state index contributed by atoms with van der Waals surface area (Å²) in [7, 11) is 0. The Bertz CT molecular complexity index is 152. The van der Waals surface area contributed by atoms with Crippen molar-refractivity contribution < 1.29 is 0 Å². The molecule has 0 heterocycles. The van der Waals surface area contributed by atoms with Crippen molar-refractivity contribution in [1.29, 1.82) is 0 Å². The van der Waals surface area contributed by atoms with Crippen LogP contribution in [0.2, 0.25) is 0 Å². The van der Waals surface area contributed by atoms with Crippen LogP contribution in [0.3, 0.4) is 0 Å². The molecule has 0 aliphatic carbocycles. The maximum absolute atomic E-state index is 3.50. The highest BCUT2D eigenvalue weighted by atomic mass is 79.9. The Morgan fingerprint density at radius 1 is 0.435 bits per heavy atom. The third-order valence-electron chi connectivity index (χ3n) is 3.08. The Hall–Kier alpha value is 1.76. The maximum Gasteiger partial charge on any atom is -0.00368 e. The molecule has 8 heteroatoms. The Morgan fingerprint density at radius 3 is 1.04 bits per heavy atom. The molecule has 0 aromatic heterocycles. The molecule has 0 aliphatic heterocycles. The monoisotopic (exact) mass is 592 g/mol. The van der Waals surface area contributed by atoms with E-state index in [0.717, 1.165) is 45.8 Å². The van der Waals surface area contributed by atoms with E-state index >= 15 is 0 Å². The minimum absolute atomic E-state index is 0. The number of rotatable bonds is 16. The van der Waals surface area contributed by atoms with Crippen LogP contribution in [0, 0.1) is 0 Å². The first-order valence-electron chi connectivity index (χ1n) is 8.24. The predicted molar refractivity (Wildman–Crippen MR) is 127 cm³/mol. The second-order valence-corrected chi connectivity index (χ2v) is 5.02. The van der Waals surface area contributed by atoms with Gasteiger partial charge < -0.3 is 21.3 Å². The van der Waals surface area contributed by atoms with E-state index in [-0.39, 0.29) is 67.9 Å². The van der Waals surface area contributed by atoms with Crippen molar-refractivity contribution in [2.24, 2.45) is 0 Å². The average molecular weight is 596 g/mol. The van der Waals surface area contributed by atoms with Gasteiger partial charge in [0.2, 0.25) is 0 Å². The van der Waals surface area contributed by atoms with Gasteiger partial charge in [-0.15, -0.1) is 67.9 Å². The molecule has 0 radical (unpaired) electrons. The highest BCUT2D eigenvalue weighted by Gasteiger charge is 1.91. The molecule has 0 unspecified atom stereocenters. The predicted octanol–water partition coefficient (Wildman–Crippen LogP) is 3.65. The fraction of sp³-hybridized carbons (Fsp3) is 1.00. The number of nitrogens with one attached hydrogen (secondary N) is 4. The van der Waals surface area contributed by atoms with Crippen LogP contribution in [0.15, 0.2) is 0 Å². The minimum Gasteiger partial charge on any atom is -0.317 e. The Kier molecular flexibility index (Phi) is 54.4. The van der Waals surface area contributed by atoms with E-state index in [1.807, 2.05) is 0 Å². The summed E-state index contributed by atoms with van der Waals surface area (Å²) in [6.07, 6.45) is 6.27. The van der Waals surface area contributed by atoms with Gasteiger partial charge in [-0.05, 0) is 78.0 Å². The Balaban J connectivity index is -0.000000270. The summed E-state index contributed by atoms with van der Waals surface area (Å²) in [5.41, 5.74) is 0. The van der Waals surface area contributed by atoms with Crippen molar-refractivity contribution in [2.75, 3.05) is 52.4 Å². The molecule has 0 spiro atoms. The normalized spacial score (nSPS) is 9.13. The lowest BCUT2D eigenvalue weighted by atomic mass is 10.3. The first kappa shape index (κ1) is 35.8. The quantitative estimate of drug-likeness (QED) is 0.206. The van der Waals surface area contributed by atoms with Crippen molar-refractivity contribution in [3.05, 3.63) is 0 Å². The Labute approximate surface area is 186 Å². The first-order valence-corrected chi connectivity index (χ1v) is 8.24. The third kappa shape index (κ3) is 35.7. The van der Waals surface area contributed by atoms with Gasteiger partial charge in [-0.3, -0.25) is 0 Å². The van der Waals surface area contributed by atoms with Gasteiger partial charge in [-0.25, -0.2) is 0 Å². The van der Waals surface area contributed by atoms with E-state index in [0.29, 0.717) is 0 Å². The molecular formula is C15H40Br4N4. The molecule has 0 aromatic carbocycles. The molecule has 0 aliphatic rings. The largest absolute Gasteiger partial charge is 0.317 e. The number of unbranched alkanes of at least 4 members (excludes halogenated alkanes) is 1. The van der Waals surface area contributed by atoms with Crippen LogP contribution in [0.25, 0.3) is 0 Å². The standard InChI is InChI=1S/C15H36N4.4BrH/c1-3-5-9-17-12-7-13-19-15-8-14-18-11-6-10-16-4-2;;;;/h16-19H,3-15H2,1-2H3;4*1H. The van der Waals surface area contributed by atoms with Crippen LogP contribution in [0.5, 0.6) is 0 Å². The van der Waals surface area contributed by atoms with Crippen molar-refractivity contribution >= 4 is 67.9 Å². The van der Waals surface area contributed by atoms with Gasteiger partial charge in [0.1, 0.15) is 0 Å². The van der Waals surface area contributed by atoms with Crippen LogP contribution in [0.4, 0.5) is 0 Å². The molecule has 4 N–H and O–H groups in total. The lowest BCUT2D eigenvalue weighted by Gasteiger charge is -2.07. The topological polar surface area (TPSA) is 48.1 Å². The minimum atomic E-state index is 0. The SMILES string of the molecule is Br.Br.Br.Br.CCCCNCCCNCCCNCCCNCC. The van der Waals surface area contributed by atoms with Gasteiger partial charge in [0.15, 0.2) is 0 Å². The lowest BCUT2D eigenvalue weighted by molar-refractivity contribution is 0.550. The van der Waals surface area contributed by atoms with Gasteiger partial charge in [0, 0.05) is 0 Å². The summed E-state index contributed by atoms with van der Waals surface area (Å²) in [5.74, 6) is 0. The van der Waals surface area contributed by atoms with Gasteiger partial charge >= 0.3 is 0 Å². The molecule has 0 rings (SSSR count). The zero-order chi connectivity index (χ0) is 14.0. The molecule has 0 saturated carbocycles. The van der Waals surface area contributed by atoms with E-state index in [2.05, 4.69) is 35.1 Å². The van der Waals surface area contributed by atoms with E-state index in [1.54, 1.807) is 0 Å². The molecule has 0 saturated heterocycles. The van der Waals surface area contributed by atoms with Crippen LogP contribution >= 0.6 is 67.9 Å². The summed E-state index contributed by atoms with van der Waals surface area (Å²) in [4.78, 5) is 0. The molecule has 0 atom stereocenters. The van der Waals surface area contributed by atoms with Crippen molar-refractivity contribution in [3.63, 3.8) is 0 Å². The summed E-state index contributed by atoms with van der Waals surface area (Å²) in [5, 5.41) is 13.8. The highest BCUT2D eigenvalue weighted by molar-refractivity contribution is 8.93. The molecule has 0 bridgehead atoms. The highest BCUT2D eigenvalue weighted by Crippen LogP contribution is 1.83. The second kappa shape index (κ2) is 35.0. The molecular weight excluding hydrogens is 556 g/mol. The number of halogens is 4. The van der Waals surface area contributed by atoms with Gasteiger partial charge in [0.05, 0.1) is 0 Å². The van der Waals surface area contributed by atoms with Gasteiger partial charge in [0.25, 0.3) is 0 Å². The van der Waals surface area contributed by atoms with Crippen molar-refractivity contribution in [1.82, 2.24) is 21.3 Å². The molecule has 148 valence electrons. The van der Waals surface area contributed by atoms with Crippen LogP contribution in [0.1, 0.15) is 46.0 Å². The lowest BCUT2D eigenvalue weighted by Crippen LogP contribution is -2.26. The van der Waals surface area contributed by atoms with E-state index in [1.165, 1.54) is 38.6 Å². The average Bonchev–Trinajstić information content (AvgIpc) is 2.43. The van der Waals surface area contributed by atoms with E-state index in [9.17, 15) is 0 Å². The third-order valence-corrected chi connectivity index (χ3v) is 3.08. The zero-order valence-electron chi connectivity index (χ0n) is 14.8. The Morgan fingerprint density at radius 2 is 0.739 bits per heavy atom. The van der Waals surface area contributed by atoms with Crippen LogP contribution in [-0.2, 0) is 0 Å². The van der Waals surface area contributed by atoms with Gasteiger partial charge in [-0.2, -0.15) is 0 Å². The summed E-state index contributed by atoms with van der Waals surface area (Å²) >= 11 is 0. The summed E-state index contributed by atoms with van der Waals surface area (Å²) in [6, 6.07) is 0. The fourth-order valence-electron chi connectivity index (χ4n) is 1.87. The molecule has 0 aromatic rings. The molecule has 23 heavy (non-hydrogen) atoms. The second-order valence-electron chi connectivity index (χ2n) is 5.02. The van der Waals surface area contributed by atoms with Gasteiger partial charge in [-0.1, -0.05) is 20.3 Å². The number of hydrogen-bond acceptors (Lipinski definition) is 4. The maximum atomic E-state index is 3.50.